The first-order valence-corrected chi connectivity index (χ1v) is 18.3. The number of hydrogen-bond donors (Lipinski definition) is 1. The highest BCUT2D eigenvalue weighted by Gasteiger charge is 2.51. The molecule has 0 saturated carbocycles. The number of nitrogens with zero attached hydrogens (tertiary/aromatic N) is 6. The summed E-state index contributed by atoms with van der Waals surface area (Å²) in [5, 5.41) is 5.23. The third-order valence-electron chi connectivity index (χ3n) is 11.8. The number of hydrogen-bond acceptors (Lipinski definition) is 9. The van der Waals surface area contributed by atoms with Crippen LogP contribution in [0.2, 0.25) is 0 Å². The monoisotopic (exact) mass is 705 g/mol. The van der Waals surface area contributed by atoms with Crippen LogP contribution in [0.25, 0.3) is 32.9 Å². The topological polar surface area (TPSA) is 96.0 Å². The van der Waals surface area contributed by atoms with E-state index in [-0.39, 0.29) is 47.1 Å². The van der Waals surface area contributed by atoms with Crippen molar-refractivity contribution in [2.75, 3.05) is 50.8 Å². The van der Waals surface area contributed by atoms with Gasteiger partial charge in [0, 0.05) is 68.0 Å². The Labute approximate surface area is 301 Å². The van der Waals surface area contributed by atoms with E-state index < -0.39 is 11.6 Å². The van der Waals surface area contributed by atoms with Crippen molar-refractivity contribution in [2.45, 2.75) is 68.6 Å². The van der Waals surface area contributed by atoms with Crippen LogP contribution in [0.1, 0.15) is 50.5 Å². The van der Waals surface area contributed by atoms with Crippen LogP contribution in [0.5, 0.6) is 6.01 Å². The lowest BCUT2D eigenvalue weighted by Gasteiger charge is -2.35. The molecule has 1 N–H and O–H groups in total. The van der Waals surface area contributed by atoms with E-state index in [1.165, 1.54) is 6.07 Å². The van der Waals surface area contributed by atoms with Crippen LogP contribution in [0, 0.1) is 24.0 Å². The quantitative estimate of drug-likeness (QED) is 0.189. The van der Waals surface area contributed by atoms with Crippen LogP contribution in [0.3, 0.4) is 0 Å². The first-order chi connectivity index (χ1) is 25.3. The first kappa shape index (κ1) is 33.0. The number of halogens is 2. The molecule has 5 fully saturated rings. The SMILES string of the molecule is C#Cc1c(F)ccc2cccc(-c3ncc4c(N5C[C@H]6CC[C@@H](C5)N6)nc(OC[C@@]56CC[C@@H](COC(=O)N7CCCC7)N5CC(=C)C6)nc4c3F)c12. The summed E-state index contributed by atoms with van der Waals surface area (Å²) in [5.74, 6) is 1.82. The van der Waals surface area contributed by atoms with Crippen LogP contribution in [-0.4, -0.2) is 100 Å². The molecule has 268 valence electrons. The molecule has 5 aliphatic rings. The number of terminal acetylenes is 1. The van der Waals surface area contributed by atoms with Gasteiger partial charge in [-0.15, -0.1) is 6.42 Å². The summed E-state index contributed by atoms with van der Waals surface area (Å²) in [6.07, 6.45) is 13.7. The molecule has 52 heavy (non-hydrogen) atoms. The molecule has 0 spiro atoms. The average Bonchev–Trinajstić information content (AvgIpc) is 3.94. The van der Waals surface area contributed by atoms with E-state index in [4.69, 9.17) is 25.9 Å². The second-order valence-corrected chi connectivity index (χ2v) is 15.1. The lowest BCUT2D eigenvalue weighted by atomic mass is 9.94. The minimum atomic E-state index is -0.654. The Bertz CT molecular complexity index is 2140. The second-order valence-electron chi connectivity index (χ2n) is 15.1. The number of anilines is 1. The number of fused-ring (bicyclic) bond motifs is 5. The fourth-order valence-corrected chi connectivity index (χ4v) is 9.28. The van der Waals surface area contributed by atoms with Crippen molar-refractivity contribution in [3.8, 4) is 29.6 Å². The molecule has 9 rings (SSSR count). The van der Waals surface area contributed by atoms with Crippen molar-refractivity contribution in [1.29, 1.82) is 0 Å². The summed E-state index contributed by atoms with van der Waals surface area (Å²) in [5.41, 5.74) is 1.27. The maximum atomic E-state index is 17.0. The molecule has 5 aliphatic heterocycles. The van der Waals surface area contributed by atoms with E-state index in [0.29, 0.717) is 52.8 Å². The normalized spacial score (nSPS) is 25.6. The lowest BCUT2D eigenvalue weighted by molar-refractivity contribution is 0.0464. The second kappa shape index (κ2) is 13.0. The molecule has 1 amide bonds. The van der Waals surface area contributed by atoms with Crippen molar-refractivity contribution < 1.29 is 23.0 Å². The number of amides is 1. The van der Waals surface area contributed by atoms with Crippen LogP contribution in [0.15, 0.2) is 48.7 Å². The molecule has 0 aliphatic carbocycles. The molecule has 10 nitrogen and oxygen atoms in total. The van der Waals surface area contributed by atoms with Crippen LogP contribution < -0.4 is 15.0 Å². The molecular formula is C40H41F2N7O3. The summed E-state index contributed by atoms with van der Waals surface area (Å²) in [7, 11) is 0. The van der Waals surface area contributed by atoms with Gasteiger partial charge in [-0.05, 0) is 56.4 Å². The number of ether oxygens (including phenoxy) is 2. The summed E-state index contributed by atoms with van der Waals surface area (Å²) < 4.78 is 44.2. The molecule has 12 heteroatoms. The van der Waals surface area contributed by atoms with Crippen molar-refractivity contribution in [3.63, 3.8) is 0 Å². The zero-order valence-electron chi connectivity index (χ0n) is 29.0. The number of likely N-dealkylation sites (tertiary alicyclic amines) is 1. The Kier molecular flexibility index (Phi) is 8.23. The van der Waals surface area contributed by atoms with E-state index in [9.17, 15) is 9.18 Å². The van der Waals surface area contributed by atoms with Crippen LogP contribution in [-0.2, 0) is 4.74 Å². The van der Waals surface area contributed by atoms with Gasteiger partial charge in [0.2, 0.25) is 0 Å². The van der Waals surface area contributed by atoms with Gasteiger partial charge in [-0.3, -0.25) is 9.88 Å². The van der Waals surface area contributed by atoms with E-state index in [1.54, 1.807) is 29.3 Å². The van der Waals surface area contributed by atoms with E-state index >= 15 is 4.39 Å². The van der Waals surface area contributed by atoms with Crippen LogP contribution in [0.4, 0.5) is 19.4 Å². The van der Waals surface area contributed by atoms with Gasteiger partial charge in [-0.1, -0.05) is 42.3 Å². The van der Waals surface area contributed by atoms with Crippen molar-refractivity contribution >= 4 is 33.6 Å². The predicted octanol–water partition coefficient (Wildman–Crippen LogP) is 5.82. The number of rotatable bonds is 7. The highest BCUT2D eigenvalue weighted by molar-refractivity contribution is 6.02. The summed E-state index contributed by atoms with van der Waals surface area (Å²) in [6.45, 7) is 8.51. The fourth-order valence-electron chi connectivity index (χ4n) is 9.28. The van der Waals surface area contributed by atoms with Gasteiger partial charge in [0.05, 0.1) is 16.5 Å². The Hall–Kier alpha value is -4.86. The Morgan fingerprint density at radius 3 is 2.69 bits per heavy atom. The molecule has 4 atom stereocenters. The van der Waals surface area contributed by atoms with Crippen LogP contribution >= 0.6 is 0 Å². The molecule has 2 aromatic heterocycles. The van der Waals surface area contributed by atoms with Crippen molar-refractivity contribution in [3.05, 3.63) is 65.9 Å². The molecule has 4 aromatic rings. The smallest absolute Gasteiger partial charge is 0.409 e. The highest BCUT2D eigenvalue weighted by Crippen LogP contribution is 2.45. The lowest BCUT2D eigenvalue weighted by Crippen LogP contribution is -2.51. The highest BCUT2D eigenvalue weighted by atomic mass is 19.1. The summed E-state index contributed by atoms with van der Waals surface area (Å²) in [4.78, 5) is 33.2. The number of piperazine rings is 1. The average molecular weight is 706 g/mol. The minimum Gasteiger partial charge on any atom is -0.461 e. The summed E-state index contributed by atoms with van der Waals surface area (Å²) in [6, 6.07) is 8.99. The molecular weight excluding hydrogens is 664 g/mol. The van der Waals surface area contributed by atoms with Gasteiger partial charge in [-0.25, -0.2) is 13.6 Å². The van der Waals surface area contributed by atoms with Crippen molar-refractivity contribution in [2.24, 2.45) is 0 Å². The molecule has 0 unspecified atom stereocenters. The zero-order chi connectivity index (χ0) is 35.6. The number of pyridine rings is 1. The summed E-state index contributed by atoms with van der Waals surface area (Å²) >= 11 is 0. The van der Waals surface area contributed by atoms with E-state index in [1.807, 2.05) is 6.07 Å². The number of nitrogens with one attached hydrogen (secondary N) is 1. The third-order valence-corrected chi connectivity index (χ3v) is 11.8. The van der Waals surface area contributed by atoms with Gasteiger partial charge in [0.15, 0.2) is 5.82 Å². The predicted molar refractivity (Wildman–Crippen MR) is 194 cm³/mol. The fraction of sp³-hybridized carbons (Fsp3) is 0.450. The minimum absolute atomic E-state index is 0.0233. The number of carbonyl (C=O) groups excluding carboxylic acids is 1. The standard InChI is InChI=1S/C40H41F2N7O3/c1-3-29-32(41)12-9-25-7-6-8-30(33(25)29)35-34(42)36-31(18-43-35)37(48-20-26-10-11-27(21-48)44-26)46-38(45-36)52-23-40-14-13-28(49(40)19-24(2)17-40)22-51-39(50)47-15-4-5-16-47/h1,6-9,12,18,26-28,44H,2,4-5,10-11,13-17,19-23H2/t26-,27+,28-,40-/m0/s1. The number of aromatic nitrogens is 3. The number of carbonyl (C=O) groups is 1. The zero-order valence-corrected chi connectivity index (χ0v) is 29.0. The maximum absolute atomic E-state index is 17.0. The van der Waals surface area contributed by atoms with Gasteiger partial charge < -0.3 is 24.6 Å². The number of benzene rings is 2. The van der Waals surface area contributed by atoms with Crippen molar-refractivity contribution in [1.82, 2.24) is 30.1 Å². The Balaban J connectivity index is 1.06. The van der Waals surface area contributed by atoms with Gasteiger partial charge in [-0.2, -0.15) is 9.97 Å². The Morgan fingerprint density at radius 1 is 1.10 bits per heavy atom. The molecule has 5 saturated heterocycles. The molecule has 7 heterocycles. The van der Waals surface area contributed by atoms with Gasteiger partial charge in [0.25, 0.3) is 0 Å². The maximum Gasteiger partial charge on any atom is 0.409 e. The largest absolute Gasteiger partial charge is 0.461 e. The van der Waals surface area contributed by atoms with Gasteiger partial charge in [0.1, 0.15) is 36.1 Å². The Morgan fingerprint density at radius 2 is 1.90 bits per heavy atom. The van der Waals surface area contributed by atoms with E-state index in [0.717, 1.165) is 76.7 Å². The third kappa shape index (κ3) is 5.62. The van der Waals surface area contributed by atoms with Gasteiger partial charge >= 0.3 is 12.1 Å². The van der Waals surface area contributed by atoms with E-state index in [2.05, 4.69) is 32.6 Å². The molecule has 2 bridgehead atoms. The molecule has 0 radical (unpaired) electrons. The molecule has 2 aromatic carbocycles. The first-order valence-electron chi connectivity index (χ1n) is 18.3.